The highest BCUT2D eigenvalue weighted by atomic mass is 19.3. The smallest absolute Gasteiger partial charge is 0.276 e. The van der Waals surface area contributed by atoms with Crippen LogP contribution in [0.3, 0.4) is 0 Å². The second-order valence-electron chi connectivity index (χ2n) is 9.98. The van der Waals surface area contributed by atoms with E-state index < -0.39 is 5.92 Å². The molecule has 0 bridgehead atoms. The van der Waals surface area contributed by atoms with Gasteiger partial charge in [0.15, 0.2) is 5.69 Å². The summed E-state index contributed by atoms with van der Waals surface area (Å²) in [6.45, 7) is 4.12. The maximum Gasteiger partial charge on any atom is 0.276 e. The van der Waals surface area contributed by atoms with Crippen LogP contribution in [0.1, 0.15) is 35.3 Å². The number of carbonyl (C=O) groups is 1. The first-order chi connectivity index (χ1) is 18.4. The minimum atomic E-state index is -2.67. The molecule has 0 radical (unpaired) electrons. The topological polar surface area (TPSA) is 98.7 Å². The number of hydrogen-bond donors (Lipinski definition) is 2. The molecular weight excluding hydrogens is 492 g/mol. The number of amides is 1. The minimum Gasteiger partial charge on any atom is -0.379 e. The molecule has 3 aliphatic heterocycles. The fourth-order valence-corrected chi connectivity index (χ4v) is 5.14. The molecule has 3 aliphatic rings. The minimum absolute atomic E-state index is 0.151. The number of aliphatic imine (C=N–C) groups is 1. The molecular formula is C27H29F2N7O2. The summed E-state index contributed by atoms with van der Waals surface area (Å²) < 4.78 is 32.5. The van der Waals surface area contributed by atoms with Crippen molar-refractivity contribution in [2.45, 2.75) is 31.7 Å². The maximum atomic E-state index is 13.5. The summed E-state index contributed by atoms with van der Waals surface area (Å²) >= 11 is 0. The fraction of sp³-hybridized carbons (Fsp3) is 0.407. The lowest BCUT2D eigenvalue weighted by molar-refractivity contribution is 0.0174. The molecule has 9 nitrogen and oxygen atoms in total. The Kier molecular flexibility index (Phi) is 6.62. The van der Waals surface area contributed by atoms with Crippen LogP contribution in [0.4, 0.5) is 8.78 Å². The van der Waals surface area contributed by atoms with Crippen LogP contribution in [-0.2, 0) is 11.3 Å². The van der Waals surface area contributed by atoms with Crippen molar-refractivity contribution in [1.82, 2.24) is 30.3 Å². The molecule has 2 fully saturated rings. The number of aromatic amines is 1. The summed E-state index contributed by atoms with van der Waals surface area (Å²) in [5, 5.41) is 10.8. The quantitative estimate of drug-likeness (QED) is 0.533. The Morgan fingerprint density at radius 1 is 1.11 bits per heavy atom. The van der Waals surface area contributed by atoms with Crippen LogP contribution in [0.5, 0.6) is 0 Å². The summed E-state index contributed by atoms with van der Waals surface area (Å²) in [7, 11) is 0. The van der Waals surface area contributed by atoms with Crippen LogP contribution < -0.4 is 5.32 Å². The summed E-state index contributed by atoms with van der Waals surface area (Å²) in [6.07, 6.45) is 6.13. The Labute approximate surface area is 218 Å². The number of allylic oxidation sites excluding steroid dienone is 1. The van der Waals surface area contributed by atoms with Gasteiger partial charge in [0, 0.05) is 74.3 Å². The SMILES string of the molecule is O=C(NC1=CN=C(N2CCC(F)(F)C2)CC1)c1n[nH]c2ccc(-c3cncc(CN4CCOCC4)c3)cc12. The van der Waals surface area contributed by atoms with E-state index in [-0.39, 0.29) is 24.6 Å². The molecule has 6 rings (SSSR count). The molecule has 0 saturated carbocycles. The highest BCUT2D eigenvalue weighted by molar-refractivity contribution is 6.06. The van der Waals surface area contributed by atoms with Crippen LogP contribution in [-0.4, -0.2) is 82.0 Å². The number of benzene rings is 1. The molecule has 11 heteroatoms. The molecule has 5 heterocycles. The van der Waals surface area contributed by atoms with E-state index >= 15 is 0 Å². The van der Waals surface area contributed by atoms with Crippen molar-refractivity contribution in [3.05, 3.63) is 59.8 Å². The molecule has 1 aromatic carbocycles. The lowest BCUT2D eigenvalue weighted by Crippen LogP contribution is -2.35. The molecule has 2 aromatic heterocycles. The van der Waals surface area contributed by atoms with Gasteiger partial charge in [-0.15, -0.1) is 0 Å². The maximum absolute atomic E-state index is 13.5. The summed E-state index contributed by atoms with van der Waals surface area (Å²) in [5.74, 6) is -2.37. The van der Waals surface area contributed by atoms with Gasteiger partial charge in [-0.1, -0.05) is 6.07 Å². The first-order valence-electron chi connectivity index (χ1n) is 12.9. The van der Waals surface area contributed by atoms with Gasteiger partial charge in [-0.2, -0.15) is 5.10 Å². The van der Waals surface area contributed by atoms with E-state index in [9.17, 15) is 13.6 Å². The Hall–Kier alpha value is -3.70. The number of alkyl halides is 2. The number of hydrogen-bond acceptors (Lipinski definition) is 7. The second kappa shape index (κ2) is 10.2. The van der Waals surface area contributed by atoms with E-state index in [1.54, 1.807) is 11.1 Å². The third-order valence-corrected chi connectivity index (χ3v) is 7.21. The van der Waals surface area contributed by atoms with Gasteiger partial charge in [0.25, 0.3) is 11.8 Å². The van der Waals surface area contributed by atoms with E-state index in [1.807, 2.05) is 30.6 Å². The van der Waals surface area contributed by atoms with E-state index in [2.05, 4.69) is 36.5 Å². The van der Waals surface area contributed by atoms with Crippen LogP contribution in [0.15, 0.2) is 53.5 Å². The number of rotatable bonds is 5. The van der Waals surface area contributed by atoms with Crippen LogP contribution in [0.25, 0.3) is 22.0 Å². The largest absolute Gasteiger partial charge is 0.379 e. The standard InChI is InChI=1S/C27H29F2N7O2/c28-27(29)5-6-36(17-27)24-4-2-21(15-31-24)32-26(37)25-22-12-19(1-3-23(22)33-34-25)20-11-18(13-30-14-20)16-35-7-9-38-10-8-35/h1,3,11-15H,2,4-10,16-17H2,(H,32,37)(H,33,34). The molecule has 3 aromatic rings. The predicted octanol–water partition coefficient (Wildman–Crippen LogP) is 3.56. The molecule has 2 N–H and O–H groups in total. The average Bonchev–Trinajstić information content (AvgIpc) is 3.52. The molecule has 38 heavy (non-hydrogen) atoms. The highest BCUT2D eigenvalue weighted by Crippen LogP contribution is 2.29. The number of fused-ring (bicyclic) bond motifs is 1. The number of ether oxygens (including phenoxy) is 1. The molecule has 0 aliphatic carbocycles. The van der Waals surface area contributed by atoms with Crippen LogP contribution in [0.2, 0.25) is 0 Å². The lowest BCUT2D eigenvalue weighted by Gasteiger charge is -2.26. The summed E-state index contributed by atoms with van der Waals surface area (Å²) in [4.78, 5) is 25.9. The van der Waals surface area contributed by atoms with Crippen molar-refractivity contribution in [3.8, 4) is 11.1 Å². The normalized spacial score (nSPS) is 19.9. The Bertz CT molecular complexity index is 1410. The number of carbonyl (C=O) groups excluding carboxylic acids is 1. The van der Waals surface area contributed by atoms with E-state index in [0.29, 0.717) is 36.3 Å². The van der Waals surface area contributed by atoms with Crippen molar-refractivity contribution in [3.63, 3.8) is 0 Å². The van der Waals surface area contributed by atoms with Gasteiger partial charge in [0.05, 0.1) is 25.3 Å². The Morgan fingerprint density at radius 2 is 1.97 bits per heavy atom. The highest BCUT2D eigenvalue weighted by Gasteiger charge is 2.39. The molecule has 0 spiro atoms. The summed E-state index contributed by atoms with van der Waals surface area (Å²) in [5.41, 5.74) is 4.71. The Balaban J connectivity index is 1.17. The number of amidine groups is 1. The molecule has 2 saturated heterocycles. The van der Waals surface area contributed by atoms with E-state index in [4.69, 9.17) is 4.74 Å². The summed E-state index contributed by atoms with van der Waals surface area (Å²) in [6, 6.07) is 7.97. The van der Waals surface area contributed by atoms with E-state index in [1.165, 1.54) is 0 Å². The predicted molar refractivity (Wildman–Crippen MR) is 139 cm³/mol. The van der Waals surface area contributed by atoms with Gasteiger partial charge in [-0.25, -0.2) is 13.8 Å². The van der Waals surface area contributed by atoms with Crippen molar-refractivity contribution < 1.29 is 18.3 Å². The van der Waals surface area contributed by atoms with Gasteiger partial charge >= 0.3 is 0 Å². The molecule has 0 unspecified atom stereocenters. The number of nitrogens with one attached hydrogen (secondary N) is 2. The third kappa shape index (κ3) is 5.30. The number of H-pyrrole nitrogens is 1. The lowest BCUT2D eigenvalue weighted by atomic mass is 10.0. The zero-order valence-electron chi connectivity index (χ0n) is 20.9. The van der Waals surface area contributed by atoms with Gasteiger partial charge in [-0.3, -0.25) is 19.8 Å². The second-order valence-corrected chi connectivity index (χ2v) is 9.98. The third-order valence-electron chi connectivity index (χ3n) is 7.21. The number of likely N-dealkylation sites (tertiary alicyclic amines) is 1. The number of aromatic nitrogens is 3. The fourth-order valence-electron chi connectivity index (χ4n) is 5.14. The number of nitrogens with zero attached hydrogens (tertiary/aromatic N) is 5. The molecule has 0 atom stereocenters. The number of morpholine rings is 1. The van der Waals surface area contributed by atoms with Crippen molar-refractivity contribution in [2.24, 2.45) is 4.99 Å². The van der Waals surface area contributed by atoms with Gasteiger partial charge in [-0.05, 0) is 35.7 Å². The van der Waals surface area contributed by atoms with Crippen molar-refractivity contribution >= 4 is 22.6 Å². The first-order valence-corrected chi connectivity index (χ1v) is 12.9. The zero-order chi connectivity index (χ0) is 26.1. The zero-order valence-corrected chi connectivity index (χ0v) is 20.9. The van der Waals surface area contributed by atoms with Crippen molar-refractivity contribution in [1.29, 1.82) is 0 Å². The first kappa shape index (κ1) is 24.6. The Morgan fingerprint density at radius 3 is 2.74 bits per heavy atom. The van der Waals surface area contributed by atoms with Crippen molar-refractivity contribution in [2.75, 3.05) is 39.4 Å². The molecule has 198 valence electrons. The van der Waals surface area contributed by atoms with Gasteiger partial charge < -0.3 is 15.0 Å². The number of halogens is 2. The monoisotopic (exact) mass is 521 g/mol. The van der Waals surface area contributed by atoms with Crippen LogP contribution in [0, 0.1) is 0 Å². The molecule has 1 amide bonds. The van der Waals surface area contributed by atoms with Crippen LogP contribution >= 0.6 is 0 Å². The van der Waals surface area contributed by atoms with Gasteiger partial charge in [0.2, 0.25) is 0 Å². The average molecular weight is 522 g/mol. The number of pyridine rings is 1. The van der Waals surface area contributed by atoms with Gasteiger partial charge in [0.1, 0.15) is 5.84 Å². The van der Waals surface area contributed by atoms with E-state index in [0.717, 1.165) is 55.1 Å².